The molecule has 2 atom stereocenters. The molecule has 0 saturated carbocycles. The molecule has 6 heteroatoms. The molecule has 0 radical (unpaired) electrons. The van der Waals surface area contributed by atoms with Crippen LogP contribution in [0.15, 0.2) is 48.5 Å². The summed E-state index contributed by atoms with van der Waals surface area (Å²) in [5.41, 5.74) is 1.01. The molecule has 2 unspecified atom stereocenters. The highest BCUT2D eigenvalue weighted by Crippen LogP contribution is 2.43. The Morgan fingerprint density at radius 1 is 1.06 bits per heavy atom. The van der Waals surface area contributed by atoms with E-state index in [1.54, 1.807) is 0 Å². The molecule has 3 rings (SSSR count). The zero-order valence-corrected chi connectivity index (χ0v) is 20.3. The van der Waals surface area contributed by atoms with Crippen LogP contribution in [0.1, 0.15) is 44.2 Å². The first kappa shape index (κ1) is 26.0. The van der Waals surface area contributed by atoms with Crippen molar-refractivity contribution in [3.63, 3.8) is 0 Å². The Morgan fingerprint density at radius 2 is 1.68 bits per heavy atom. The third-order valence-electron chi connectivity index (χ3n) is 5.78. The third kappa shape index (κ3) is 6.84. The number of benzene rings is 2. The predicted octanol–water partition coefficient (Wildman–Crippen LogP) is 5.51. The quantitative estimate of drug-likeness (QED) is 0.527. The molecule has 4 nitrogen and oxygen atoms in total. The average Bonchev–Trinajstić information content (AvgIpc) is 2.74. The zero-order valence-electron chi connectivity index (χ0n) is 18.7. The van der Waals surface area contributed by atoms with E-state index in [9.17, 15) is 5.11 Å². The minimum Gasteiger partial charge on any atom is -0.494 e. The first-order valence-electron chi connectivity index (χ1n) is 10.9. The van der Waals surface area contributed by atoms with Crippen LogP contribution in [0.3, 0.4) is 0 Å². The minimum atomic E-state index is -1.01. The fraction of sp³-hybridized carbons (Fsp3) is 0.520. The summed E-state index contributed by atoms with van der Waals surface area (Å²) in [6, 6.07) is 15.9. The molecule has 0 amide bonds. The fourth-order valence-corrected chi connectivity index (χ4v) is 4.49. The first-order valence-corrected chi connectivity index (χ1v) is 11.3. The normalized spacial score (nSPS) is 17.6. The van der Waals surface area contributed by atoms with Crippen molar-refractivity contribution in [2.45, 2.75) is 38.7 Å². The van der Waals surface area contributed by atoms with Gasteiger partial charge in [-0.05, 0) is 54.7 Å². The second-order valence-corrected chi connectivity index (χ2v) is 8.93. The summed E-state index contributed by atoms with van der Waals surface area (Å²) in [6.07, 6.45) is 0.665. The molecule has 1 saturated heterocycles. The molecule has 2 aromatic carbocycles. The monoisotopic (exact) mass is 467 g/mol. The summed E-state index contributed by atoms with van der Waals surface area (Å²) >= 11 is 6.17. The van der Waals surface area contributed by atoms with E-state index in [4.69, 9.17) is 21.1 Å². The second-order valence-electron chi connectivity index (χ2n) is 8.50. The number of morpholine rings is 1. The smallest absolute Gasteiger partial charge is 0.119 e. The van der Waals surface area contributed by atoms with Gasteiger partial charge in [-0.15, -0.1) is 12.4 Å². The summed E-state index contributed by atoms with van der Waals surface area (Å²) in [6.45, 7) is 10.9. The van der Waals surface area contributed by atoms with Crippen molar-refractivity contribution < 1.29 is 14.6 Å². The van der Waals surface area contributed by atoms with E-state index in [1.165, 1.54) is 0 Å². The number of hydrogen-bond acceptors (Lipinski definition) is 4. The van der Waals surface area contributed by atoms with Crippen LogP contribution >= 0.6 is 24.0 Å². The van der Waals surface area contributed by atoms with Crippen molar-refractivity contribution in [1.29, 1.82) is 0 Å². The lowest BCUT2D eigenvalue weighted by Gasteiger charge is -2.42. The number of ether oxygens (including phenoxy) is 2. The molecule has 172 valence electrons. The van der Waals surface area contributed by atoms with E-state index in [1.807, 2.05) is 55.5 Å². The molecular formula is C25H35Cl2NO3. The zero-order chi connectivity index (χ0) is 21.6. The number of hydrogen-bond donors (Lipinski definition) is 1. The number of aliphatic hydroxyl groups is 1. The molecule has 0 aliphatic carbocycles. The van der Waals surface area contributed by atoms with Gasteiger partial charge in [-0.1, -0.05) is 49.7 Å². The highest BCUT2D eigenvalue weighted by atomic mass is 35.5. The van der Waals surface area contributed by atoms with E-state index in [0.717, 1.165) is 49.7 Å². The van der Waals surface area contributed by atoms with Gasteiger partial charge in [0.25, 0.3) is 0 Å². The Labute approximate surface area is 197 Å². The van der Waals surface area contributed by atoms with Crippen LogP contribution < -0.4 is 4.74 Å². The van der Waals surface area contributed by atoms with Crippen LogP contribution in [-0.4, -0.2) is 49.5 Å². The largest absolute Gasteiger partial charge is 0.494 e. The Kier molecular flexibility index (Phi) is 10.1. The lowest BCUT2D eigenvalue weighted by molar-refractivity contribution is -0.0356. The summed E-state index contributed by atoms with van der Waals surface area (Å²) in [4.78, 5) is 2.39. The Bertz CT molecular complexity index is 776. The van der Waals surface area contributed by atoms with Crippen molar-refractivity contribution in [1.82, 2.24) is 4.90 Å². The van der Waals surface area contributed by atoms with Crippen LogP contribution in [0.25, 0.3) is 0 Å². The first-order chi connectivity index (χ1) is 14.4. The van der Waals surface area contributed by atoms with Crippen LogP contribution in [-0.2, 0) is 10.3 Å². The van der Waals surface area contributed by atoms with Gasteiger partial charge in [0.15, 0.2) is 0 Å². The van der Waals surface area contributed by atoms with E-state index in [-0.39, 0.29) is 18.3 Å². The van der Waals surface area contributed by atoms with Crippen molar-refractivity contribution in [3.05, 3.63) is 64.7 Å². The van der Waals surface area contributed by atoms with E-state index < -0.39 is 5.60 Å². The lowest BCUT2D eigenvalue weighted by Crippen LogP contribution is -2.45. The second kappa shape index (κ2) is 12.1. The molecule has 0 aromatic heterocycles. The van der Waals surface area contributed by atoms with Crippen molar-refractivity contribution in [2.24, 2.45) is 5.92 Å². The number of halogens is 2. The predicted molar refractivity (Wildman–Crippen MR) is 130 cm³/mol. The van der Waals surface area contributed by atoms with Gasteiger partial charge in [0.05, 0.1) is 25.4 Å². The molecule has 1 heterocycles. The maximum absolute atomic E-state index is 12.3. The molecule has 0 spiro atoms. The summed E-state index contributed by atoms with van der Waals surface area (Å²) in [7, 11) is 0. The van der Waals surface area contributed by atoms with Gasteiger partial charge < -0.3 is 14.6 Å². The molecule has 2 aromatic rings. The molecular weight excluding hydrogens is 433 g/mol. The number of nitrogens with zero attached hydrogens (tertiary/aromatic N) is 1. The van der Waals surface area contributed by atoms with E-state index in [0.29, 0.717) is 24.0 Å². The topological polar surface area (TPSA) is 41.9 Å². The molecule has 31 heavy (non-hydrogen) atoms. The van der Waals surface area contributed by atoms with Gasteiger partial charge in [0, 0.05) is 30.6 Å². The van der Waals surface area contributed by atoms with Gasteiger partial charge in [-0.3, -0.25) is 4.90 Å². The van der Waals surface area contributed by atoms with E-state index >= 15 is 0 Å². The van der Waals surface area contributed by atoms with Gasteiger partial charge in [0.2, 0.25) is 0 Å². The summed E-state index contributed by atoms with van der Waals surface area (Å²) in [5, 5.41) is 13.0. The van der Waals surface area contributed by atoms with Crippen LogP contribution in [0.2, 0.25) is 5.02 Å². The van der Waals surface area contributed by atoms with Crippen molar-refractivity contribution >= 4 is 24.0 Å². The molecule has 1 fully saturated rings. The lowest BCUT2D eigenvalue weighted by atomic mass is 9.72. The Morgan fingerprint density at radius 3 is 2.23 bits per heavy atom. The molecule has 1 N–H and O–H groups in total. The van der Waals surface area contributed by atoms with Crippen LogP contribution in [0.4, 0.5) is 0 Å². The fourth-order valence-electron chi connectivity index (χ4n) is 4.36. The van der Waals surface area contributed by atoms with Crippen molar-refractivity contribution in [2.75, 3.05) is 39.5 Å². The summed E-state index contributed by atoms with van der Waals surface area (Å²) < 4.78 is 11.2. The SMILES string of the molecule is CCOc1ccc(C(O)(CC(C)C)C(CN2CCOCC2)c2ccc(Cl)cc2)cc1.Cl. The van der Waals surface area contributed by atoms with Gasteiger partial charge in [-0.25, -0.2) is 0 Å². The van der Waals surface area contributed by atoms with Gasteiger partial charge >= 0.3 is 0 Å². The maximum atomic E-state index is 12.3. The molecule has 1 aliphatic rings. The molecule has 0 bridgehead atoms. The third-order valence-corrected chi connectivity index (χ3v) is 6.03. The Balaban J connectivity index is 0.00000341. The van der Waals surface area contributed by atoms with Crippen molar-refractivity contribution in [3.8, 4) is 5.75 Å². The highest BCUT2D eigenvalue weighted by Gasteiger charge is 2.41. The molecule has 1 aliphatic heterocycles. The van der Waals surface area contributed by atoms with Gasteiger partial charge in [-0.2, -0.15) is 0 Å². The van der Waals surface area contributed by atoms with E-state index in [2.05, 4.69) is 18.7 Å². The Hall–Kier alpha value is -1.30. The standard InChI is InChI=1S/C25H34ClNO3.ClH/c1-4-30-23-11-7-21(8-12-23)25(28,17-19(2)3)24(18-27-13-15-29-16-14-27)20-5-9-22(26)10-6-20;/h5-12,19,24,28H,4,13-18H2,1-3H3;1H. The average molecular weight is 468 g/mol. The number of rotatable bonds is 9. The maximum Gasteiger partial charge on any atom is 0.119 e. The highest BCUT2D eigenvalue weighted by molar-refractivity contribution is 6.30. The summed E-state index contributed by atoms with van der Waals surface area (Å²) in [5.74, 6) is 1.07. The minimum absolute atomic E-state index is 0. The van der Waals surface area contributed by atoms with Crippen LogP contribution in [0.5, 0.6) is 5.75 Å². The van der Waals surface area contributed by atoms with Crippen LogP contribution in [0, 0.1) is 5.92 Å². The van der Waals surface area contributed by atoms with Gasteiger partial charge in [0.1, 0.15) is 5.75 Å².